The van der Waals surface area contributed by atoms with Gasteiger partial charge in [0.2, 0.25) is 0 Å². The first kappa shape index (κ1) is 42.7. The maximum absolute atomic E-state index is 12.7. The van der Waals surface area contributed by atoms with E-state index in [4.69, 9.17) is 37.9 Å². The van der Waals surface area contributed by atoms with Crippen molar-refractivity contribution in [2.24, 2.45) is 0 Å². The zero-order chi connectivity index (χ0) is 39.0. The molecule has 2 aromatic carbocycles. The van der Waals surface area contributed by atoms with Gasteiger partial charge in [-0.05, 0) is 95.2 Å². The van der Waals surface area contributed by atoms with Gasteiger partial charge in [-0.15, -0.1) is 0 Å². The summed E-state index contributed by atoms with van der Waals surface area (Å²) < 4.78 is 45.1. The van der Waals surface area contributed by atoms with Crippen LogP contribution >= 0.6 is 0 Å². The van der Waals surface area contributed by atoms with Crippen LogP contribution in [0.5, 0.6) is 23.0 Å². The van der Waals surface area contributed by atoms with E-state index in [0.717, 1.165) is 0 Å². The average molecular weight is 717 g/mol. The summed E-state index contributed by atoms with van der Waals surface area (Å²) in [4.78, 5) is 50.0. The lowest BCUT2D eigenvalue weighted by atomic mass is 9.77. The number of hydrogen-bond donors (Lipinski definition) is 0. The fourth-order valence-corrected chi connectivity index (χ4v) is 4.64. The largest absolute Gasteiger partial charge is 0.482 e. The standard InChI is InChI=1S/C39H56O12/c1-35(2,3)48-31(40)21-44-25-15-17-27(29(19-25)46-23-33(42)50-37(7,8)9)39(13,14)28-18-16-26(45-22-32(41)49-36(4,5)6)20-30(28)47-24-34(43)51-38(10,11)12/h15-20H,21-24H2,1-14H3. The number of hydrogen-bond acceptors (Lipinski definition) is 12. The molecule has 2 aromatic rings. The lowest BCUT2D eigenvalue weighted by molar-refractivity contribution is -0.158. The molecule has 0 spiro atoms. The van der Waals surface area contributed by atoms with Crippen molar-refractivity contribution in [3.63, 3.8) is 0 Å². The Balaban J connectivity index is 2.55. The molecular weight excluding hydrogens is 660 g/mol. The molecule has 0 N–H and O–H groups in total. The van der Waals surface area contributed by atoms with Gasteiger partial charge in [-0.3, -0.25) is 0 Å². The Bertz CT molecular complexity index is 1420. The molecule has 0 bridgehead atoms. The Morgan fingerprint density at radius 2 is 0.667 bits per heavy atom. The summed E-state index contributed by atoms with van der Waals surface area (Å²) in [6.07, 6.45) is 0. The van der Waals surface area contributed by atoms with E-state index in [0.29, 0.717) is 22.6 Å². The summed E-state index contributed by atoms with van der Waals surface area (Å²) >= 11 is 0. The second kappa shape index (κ2) is 16.7. The molecule has 0 fully saturated rings. The zero-order valence-electron chi connectivity index (χ0n) is 32.7. The monoisotopic (exact) mass is 716 g/mol. The Kier molecular flexibility index (Phi) is 14.0. The second-order valence-corrected chi connectivity index (χ2v) is 16.4. The molecule has 284 valence electrons. The van der Waals surface area contributed by atoms with Crippen molar-refractivity contribution in [3.8, 4) is 23.0 Å². The van der Waals surface area contributed by atoms with Gasteiger partial charge in [0.1, 0.15) is 45.4 Å². The number of benzene rings is 2. The molecular formula is C39H56O12. The Morgan fingerprint density at radius 3 is 0.922 bits per heavy atom. The molecule has 0 aromatic heterocycles. The smallest absolute Gasteiger partial charge is 0.344 e. The van der Waals surface area contributed by atoms with Crippen LogP contribution in [0.4, 0.5) is 0 Å². The van der Waals surface area contributed by atoms with Crippen LogP contribution in [0.15, 0.2) is 36.4 Å². The highest BCUT2D eigenvalue weighted by molar-refractivity contribution is 5.73. The van der Waals surface area contributed by atoms with Gasteiger partial charge in [0.05, 0.1) is 0 Å². The highest BCUT2D eigenvalue weighted by atomic mass is 16.6. The van der Waals surface area contributed by atoms with E-state index in [1.54, 1.807) is 119 Å². The van der Waals surface area contributed by atoms with Crippen LogP contribution in [0.2, 0.25) is 0 Å². The summed E-state index contributed by atoms with van der Waals surface area (Å²) in [5.41, 5.74) is -2.51. The summed E-state index contributed by atoms with van der Waals surface area (Å²) in [5, 5.41) is 0. The summed E-state index contributed by atoms with van der Waals surface area (Å²) in [6, 6.07) is 9.98. The van der Waals surface area contributed by atoms with Gasteiger partial charge in [-0.1, -0.05) is 26.0 Å². The first-order valence-electron chi connectivity index (χ1n) is 16.8. The van der Waals surface area contributed by atoms with Crippen molar-refractivity contribution in [1.29, 1.82) is 0 Å². The van der Waals surface area contributed by atoms with Gasteiger partial charge < -0.3 is 37.9 Å². The Morgan fingerprint density at radius 1 is 0.412 bits per heavy atom. The van der Waals surface area contributed by atoms with Crippen LogP contribution in [-0.4, -0.2) is 72.7 Å². The van der Waals surface area contributed by atoms with Crippen molar-refractivity contribution in [2.75, 3.05) is 26.4 Å². The maximum Gasteiger partial charge on any atom is 0.344 e. The van der Waals surface area contributed by atoms with Crippen LogP contribution in [-0.2, 0) is 43.5 Å². The van der Waals surface area contributed by atoms with Crippen LogP contribution in [0.25, 0.3) is 0 Å². The van der Waals surface area contributed by atoms with Crippen molar-refractivity contribution in [1.82, 2.24) is 0 Å². The molecule has 0 saturated carbocycles. The Labute approximate surface area is 302 Å². The molecule has 0 heterocycles. The second-order valence-electron chi connectivity index (χ2n) is 16.4. The van der Waals surface area contributed by atoms with Gasteiger partial charge in [0.15, 0.2) is 26.4 Å². The third kappa shape index (κ3) is 16.0. The zero-order valence-corrected chi connectivity index (χ0v) is 32.7. The highest BCUT2D eigenvalue weighted by Crippen LogP contribution is 2.44. The topological polar surface area (TPSA) is 142 Å². The molecule has 0 aliphatic rings. The molecule has 0 aliphatic heterocycles. The van der Waals surface area contributed by atoms with Crippen LogP contribution < -0.4 is 18.9 Å². The summed E-state index contributed by atoms with van der Waals surface area (Å²) in [5.74, 6) is -1.13. The predicted molar refractivity (Wildman–Crippen MR) is 190 cm³/mol. The minimum absolute atomic E-state index is 0.274. The fourth-order valence-electron chi connectivity index (χ4n) is 4.64. The molecule has 12 nitrogen and oxygen atoms in total. The number of ether oxygens (including phenoxy) is 8. The molecule has 0 amide bonds. The minimum Gasteiger partial charge on any atom is -0.482 e. The SMILES string of the molecule is CC(C)(C)OC(=O)COc1ccc(C(C)(C)c2ccc(OCC(=O)OC(C)(C)C)cc2OCC(=O)OC(C)(C)C)c(OCC(=O)OC(C)(C)C)c1. The molecule has 0 unspecified atom stereocenters. The average Bonchev–Trinajstić information content (AvgIpc) is 2.93. The lowest BCUT2D eigenvalue weighted by Crippen LogP contribution is -2.29. The van der Waals surface area contributed by atoms with E-state index in [1.165, 1.54) is 0 Å². The number of esters is 4. The molecule has 2 rings (SSSR count). The third-order valence-electron chi connectivity index (χ3n) is 6.34. The molecule has 0 radical (unpaired) electrons. The van der Waals surface area contributed by atoms with Gasteiger partial charge >= 0.3 is 23.9 Å². The number of rotatable bonds is 14. The van der Waals surface area contributed by atoms with Gasteiger partial charge in [0.25, 0.3) is 0 Å². The Hall–Kier alpha value is -4.48. The van der Waals surface area contributed by atoms with E-state index in [2.05, 4.69) is 0 Å². The van der Waals surface area contributed by atoms with Crippen molar-refractivity contribution in [2.45, 2.75) is 125 Å². The van der Waals surface area contributed by atoms with Crippen molar-refractivity contribution in [3.05, 3.63) is 47.5 Å². The van der Waals surface area contributed by atoms with Crippen molar-refractivity contribution >= 4 is 23.9 Å². The lowest BCUT2D eigenvalue weighted by Gasteiger charge is -2.31. The normalized spacial score (nSPS) is 12.4. The summed E-state index contributed by atoms with van der Waals surface area (Å²) in [6.45, 7) is 23.4. The van der Waals surface area contributed by atoms with Crippen molar-refractivity contribution < 1.29 is 57.1 Å². The number of carbonyl (C=O) groups excluding carboxylic acids is 4. The predicted octanol–water partition coefficient (Wildman–Crippen LogP) is 6.89. The van der Waals surface area contributed by atoms with E-state index in [1.807, 2.05) is 13.8 Å². The molecule has 0 saturated heterocycles. The van der Waals surface area contributed by atoms with E-state index < -0.39 is 64.9 Å². The van der Waals surface area contributed by atoms with E-state index in [-0.39, 0.29) is 24.7 Å². The summed E-state index contributed by atoms with van der Waals surface area (Å²) in [7, 11) is 0. The molecule has 0 atom stereocenters. The molecule has 12 heteroatoms. The van der Waals surface area contributed by atoms with Gasteiger partial charge in [-0.2, -0.15) is 0 Å². The van der Waals surface area contributed by atoms with Crippen LogP contribution in [0.1, 0.15) is 108 Å². The van der Waals surface area contributed by atoms with Gasteiger partial charge in [-0.25, -0.2) is 19.2 Å². The van der Waals surface area contributed by atoms with Crippen LogP contribution in [0, 0.1) is 0 Å². The van der Waals surface area contributed by atoms with E-state index >= 15 is 0 Å². The van der Waals surface area contributed by atoms with Crippen LogP contribution in [0.3, 0.4) is 0 Å². The van der Waals surface area contributed by atoms with E-state index in [9.17, 15) is 19.2 Å². The fraction of sp³-hybridized carbons (Fsp3) is 0.590. The minimum atomic E-state index is -0.903. The first-order valence-corrected chi connectivity index (χ1v) is 16.8. The maximum atomic E-state index is 12.7. The quantitative estimate of drug-likeness (QED) is 0.148. The molecule has 51 heavy (non-hydrogen) atoms. The van der Waals surface area contributed by atoms with Gasteiger partial charge in [0, 0.05) is 28.7 Å². The third-order valence-corrected chi connectivity index (χ3v) is 6.34. The first-order chi connectivity index (χ1) is 23.1. The highest BCUT2D eigenvalue weighted by Gasteiger charge is 2.32. The number of carbonyl (C=O) groups is 4. The molecule has 0 aliphatic carbocycles.